The summed E-state index contributed by atoms with van der Waals surface area (Å²) in [6.45, 7) is 0.955. The van der Waals surface area contributed by atoms with Crippen LogP contribution >= 0.6 is 11.8 Å². The van der Waals surface area contributed by atoms with Gasteiger partial charge in [0.2, 0.25) is 0 Å². The molecule has 0 bridgehead atoms. The number of hydrogen-bond donors (Lipinski definition) is 2. The molecule has 1 saturated heterocycles. The maximum Gasteiger partial charge on any atom is 0.407 e. The molecule has 40 heavy (non-hydrogen) atoms. The van der Waals surface area contributed by atoms with E-state index in [-0.39, 0.29) is 44.2 Å². The monoisotopic (exact) mass is 564 g/mol. The van der Waals surface area contributed by atoms with Gasteiger partial charge in [-0.1, -0.05) is 61.4 Å². The number of methoxy groups -OCH3 is 1. The lowest BCUT2D eigenvalue weighted by molar-refractivity contribution is -0.0893. The average Bonchev–Trinajstić information content (AvgIpc) is 3.41. The number of imidazole rings is 1. The van der Waals surface area contributed by atoms with Crippen molar-refractivity contribution in [1.29, 1.82) is 0 Å². The Bertz CT molecular complexity index is 1300. The van der Waals surface area contributed by atoms with E-state index in [2.05, 4.69) is 4.98 Å². The Labute approximate surface area is 238 Å². The Morgan fingerprint density at radius 1 is 1.07 bits per heavy atom. The predicted molar refractivity (Wildman–Crippen MR) is 154 cm³/mol. The van der Waals surface area contributed by atoms with Gasteiger partial charge in [-0.2, -0.15) is 0 Å². The van der Waals surface area contributed by atoms with E-state index in [9.17, 15) is 19.8 Å². The van der Waals surface area contributed by atoms with Gasteiger partial charge in [-0.05, 0) is 25.0 Å². The second kappa shape index (κ2) is 12.4. The molecule has 0 radical (unpaired) electrons. The van der Waals surface area contributed by atoms with Crippen LogP contribution in [0.4, 0.5) is 4.79 Å². The molecule has 1 aliphatic carbocycles. The topological polar surface area (TPSA) is 108 Å². The van der Waals surface area contributed by atoms with Crippen LogP contribution in [-0.2, 0) is 4.74 Å². The molecule has 0 unspecified atom stereocenters. The summed E-state index contributed by atoms with van der Waals surface area (Å²) >= 11 is 1.60. The largest absolute Gasteiger partial charge is 0.465 e. The molecule has 1 saturated carbocycles. The van der Waals surface area contributed by atoms with Gasteiger partial charge in [-0.3, -0.25) is 4.79 Å². The van der Waals surface area contributed by atoms with Gasteiger partial charge in [0.05, 0.1) is 30.7 Å². The van der Waals surface area contributed by atoms with Crippen LogP contribution in [0.3, 0.4) is 0 Å². The molecular weight excluding hydrogens is 528 g/mol. The SMILES string of the molecule is COC[C@]1(O)CCCC[C@H]1n1cnc(C(=O)N2CCN(C(=O)O)C[C@H]2CSc2ccccc2)c1-c1ccccc1. The van der Waals surface area contributed by atoms with Crippen molar-refractivity contribution in [2.45, 2.75) is 48.3 Å². The zero-order valence-corrected chi connectivity index (χ0v) is 23.5. The quantitative estimate of drug-likeness (QED) is 0.384. The molecule has 9 nitrogen and oxygen atoms in total. The van der Waals surface area contributed by atoms with Crippen LogP contribution in [0.1, 0.15) is 42.2 Å². The summed E-state index contributed by atoms with van der Waals surface area (Å²) in [6.07, 6.45) is 3.92. The van der Waals surface area contributed by atoms with Crippen LogP contribution in [0.15, 0.2) is 71.9 Å². The van der Waals surface area contributed by atoms with E-state index in [4.69, 9.17) is 4.74 Å². The van der Waals surface area contributed by atoms with Gasteiger partial charge < -0.3 is 29.3 Å². The Balaban J connectivity index is 1.50. The third-order valence-electron chi connectivity index (χ3n) is 7.93. The van der Waals surface area contributed by atoms with Crippen molar-refractivity contribution in [1.82, 2.24) is 19.4 Å². The van der Waals surface area contributed by atoms with Gasteiger partial charge in [0.25, 0.3) is 5.91 Å². The number of aliphatic hydroxyl groups is 1. The van der Waals surface area contributed by atoms with Crippen LogP contribution in [-0.4, -0.2) is 92.3 Å². The number of piperazine rings is 1. The normalized spacial score (nSPS) is 23.2. The van der Waals surface area contributed by atoms with Gasteiger partial charge in [-0.15, -0.1) is 11.8 Å². The second-order valence-electron chi connectivity index (χ2n) is 10.5. The molecule has 2 N–H and O–H groups in total. The van der Waals surface area contributed by atoms with Gasteiger partial charge in [0.1, 0.15) is 5.60 Å². The van der Waals surface area contributed by atoms with E-state index >= 15 is 0 Å². The van der Waals surface area contributed by atoms with Crippen LogP contribution in [0, 0.1) is 0 Å². The Kier molecular flexibility index (Phi) is 8.78. The Morgan fingerprint density at radius 2 is 1.80 bits per heavy atom. The van der Waals surface area contributed by atoms with Crippen LogP contribution in [0.2, 0.25) is 0 Å². The zero-order valence-electron chi connectivity index (χ0n) is 22.7. The van der Waals surface area contributed by atoms with E-state index < -0.39 is 11.7 Å². The van der Waals surface area contributed by atoms with Crippen molar-refractivity contribution in [2.75, 3.05) is 39.1 Å². The highest BCUT2D eigenvalue weighted by Gasteiger charge is 2.43. The molecule has 2 heterocycles. The molecule has 5 rings (SSSR count). The van der Waals surface area contributed by atoms with Crippen LogP contribution in [0.5, 0.6) is 0 Å². The molecule has 3 aromatic rings. The summed E-state index contributed by atoms with van der Waals surface area (Å²) in [5, 5.41) is 21.3. The third kappa shape index (κ3) is 5.89. The van der Waals surface area contributed by atoms with Crippen molar-refractivity contribution >= 4 is 23.8 Å². The first-order valence-electron chi connectivity index (χ1n) is 13.7. The van der Waals surface area contributed by atoms with Crippen LogP contribution in [0.25, 0.3) is 11.3 Å². The summed E-state index contributed by atoms with van der Waals surface area (Å²) < 4.78 is 7.38. The molecule has 2 aromatic carbocycles. The fraction of sp³-hybridized carbons (Fsp3) is 0.433. The summed E-state index contributed by atoms with van der Waals surface area (Å²) in [5.41, 5.74) is 0.754. The Morgan fingerprint density at radius 3 is 2.50 bits per heavy atom. The van der Waals surface area contributed by atoms with Crippen molar-refractivity contribution in [3.63, 3.8) is 0 Å². The van der Waals surface area contributed by atoms with E-state index in [1.807, 2.05) is 65.2 Å². The minimum atomic E-state index is -1.07. The first-order valence-corrected chi connectivity index (χ1v) is 14.7. The average molecular weight is 565 g/mol. The fourth-order valence-electron chi connectivity index (χ4n) is 5.94. The molecule has 2 fully saturated rings. The molecule has 1 aromatic heterocycles. The highest BCUT2D eigenvalue weighted by Crippen LogP contribution is 2.41. The summed E-state index contributed by atoms with van der Waals surface area (Å²) in [7, 11) is 1.59. The lowest BCUT2D eigenvalue weighted by Gasteiger charge is -2.41. The van der Waals surface area contributed by atoms with E-state index in [1.165, 1.54) is 4.90 Å². The smallest absolute Gasteiger partial charge is 0.407 e. The molecule has 212 valence electrons. The number of carboxylic acid groups (broad SMARTS) is 1. The summed E-state index contributed by atoms with van der Waals surface area (Å²) in [5.74, 6) is 0.323. The number of thioether (sulfide) groups is 1. The number of benzene rings is 2. The number of amides is 2. The first-order chi connectivity index (χ1) is 19.4. The number of carbonyl (C=O) groups excluding carboxylic acids is 1. The number of ether oxygens (including phenoxy) is 1. The molecule has 2 aliphatic rings. The second-order valence-corrected chi connectivity index (χ2v) is 11.6. The molecule has 1 aliphatic heterocycles. The van der Waals surface area contributed by atoms with E-state index in [0.717, 1.165) is 29.7 Å². The first kappa shape index (κ1) is 28.2. The van der Waals surface area contributed by atoms with Crippen molar-refractivity contribution < 1.29 is 24.5 Å². The highest BCUT2D eigenvalue weighted by atomic mass is 32.2. The third-order valence-corrected chi connectivity index (χ3v) is 9.09. The summed E-state index contributed by atoms with van der Waals surface area (Å²) in [4.78, 5) is 35.0. The predicted octanol–water partition coefficient (Wildman–Crippen LogP) is 4.64. The molecule has 0 spiro atoms. The van der Waals surface area contributed by atoms with E-state index in [1.54, 1.807) is 30.1 Å². The van der Waals surface area contributed by atoms with E-state index in [0.29, 0.717) is 23.6 Å². The Hall–Kier alpha value is -3.34. The minimum absolute atomic E-state index is 0.198. The molecule has 2 amide bonds. The molecule has 3 atom stereocenters. The fourth-order valence-corrected chi connectivity index (χ4v) is 6.96. The van der Waals surface area contributed by atoms with Crippen molar-refractivity contribution in [2.24, 2.45) is 0 Å². The van der Waals surface area contributed by atoms with Gasteiger partial charge in [-0.25, -0.2) is 9.78 Å². The standard InChI is InChI=1S/C30H36N4O5S/c1-39-20-30(38)15-9-8-14-25(30)34-21-31-26(27(34)22-10-4-2-5-11-22)28(35)33-17-16-32(29(36)37)18-23(33)19-40-24-12-6-3-7-13-24/h2-7,10-13,21,23,25,38H,8-9,14-20H2,1H3,(H,36,37)/t23-,25+,30+/m0/s1. The maximum absolute atomic E-state index is 14.3. The van der Waals surface area contributed by atoms with Crippen molar-refractivity contribution in [3.05, 3.63) is 72.7 Å². The van der Waals surface area contributed by atoms with Crippen molar-refractivity contribution in [3.8, 4) is 11.3 Å². The number of nitrogens with zero attached hydrogens (tertiary/aromatic N) is 4. The maximum atomic E-state index is 14.3. The van der Waals surface area contributed by atoms with Gasteiger partial charge in [0.15, 0.2) is 5.69 Å². The minimum Gasteiger partial charge on any atom is -0.465 e. The van der Waals surface area contributed by atoms with Crippen LogP contribution < -0.4 is 0 Å². The highest BCUT2D eigenvalue weighted by molar-refractivity contribution is 7.99. The zero-order chi connectivity index (χ0) is 28.1. The number of rotatable bonds is 8. The van der Waals surface area contributed by atoms with Gasteiger partial charge >= 0.3 is 6.09 Å². The molecular formula is C30H36N4O5S. The van der Waals surface area contributed by atoms with Gasteiger partial charge in [0, 0.05) is 43.0 Å². The lowest BCUT2D eigenvalue weighted by atomic mass is 9.80. The number of hydrogen-bond acceptors (Lipinski definition) is 6. The number of aromatic nitrogens is 2. The lowest BCUT2D eigenvalue weighted by Crippen LogP contribution is -2.57. The number of carbonyl (C=O) groups is 2. The molecule has 10 heteroatoms. The summed E-state index contributed by atoms with van der Waals surface area (Å²) in [6, 6.07) is 19.0.